The highest BCUT2D eigenvalue weighted by Gasteiger charge is 2.24. The summed E-state index contributed by atoms with van der Waals surface area (Å²) in [6.07, 6.45) is 2.47. The Balaban J connectivity index is 1.61. The number of fused-ring (bicyclic) bond motifs is 1. The number of nitrogens with zero attached hydrogens (tertiary/aromatic N) is 3. The van der Waals surface area contributed by atoms with Gasteiger partial charge in [0.25, 0.3) is 11.5 Å². The molecule has 1 aromatic heterocycles. The van der Waals surface area contributed by atoms with Gasteiger partial charge in [-0.3, -0.25) is 19.3 Å². The first-order valence-electron chi connectivity index (χ1n) is 9.75. The van der Waals surface area contributed by atoms with Crippen LogP contribution in [-0.4, -0.2) is 58.7 Å². The molecule has 0 spiro atoms. The molecule has 8 nitrogen and oxygen atoms in total. The maximum Gasteiger partial charge on any atom is 0.274 e. The minimum atomic E-state index is -0.272. The number of piperidine rings is 1. The lowest BCUT2D eigenvalue weighted by molar-refractivity contribution is -0.122. The predicted octanol–water partition coefficient (Wildman–Crippen LogP) is 0.654. The summed E-state index contributed by atoms with van der Waals surface area (Å²) in [5.74, 6) is -0.226. The van der Waals surface area contributed by atoms with Gasteiger partial charge in [-0.1, -0.05) is 25.1 Å². The van der Waals surface area contributed by atoms with E-state index >= 15 is 0 Å². The normalized spacial score (nSPS) is 15.5. The van der Waals surface area contributed by atoms with Gasteiger partial charge < -0.3 is 10.6 Å². The van der Waals surface area contributed by atoms with Crippen molar-refractivity contribution >= 4 is 22.6 Å². The van der Waals surface area contributed by atoms with Crippen molar-refractivity contribution in [1.29, 1.82) is 0 Å². The van der Waals surface area contributed by atoms with Crippen LogP contribution in [-0.2, 0) is 11.8 Å². The molecule has 150 valence electrons. The zero-order chi connectivity index (χ0) is 20.1. The highest BCUT2D eigenvalue weighted by molar-refractivity contribution is 6.04. The molecule has 1 fully saturated rings. The lowest BCUT2D eigenvalue weighted by atomic mass is 10.0. The molecule has 8 heteroatoms. The van der Waals surface area contributed by atoms with Crippen LogP contribution in [0.1, 0.15) is 36.7 Å². The van der Waals surface area contributed by atoms with Crippen LogP contribution in [0, 0.1) is 0 Å². The van der Waals surface area contributed by atoms with Gasteiger partial charge in [-0.15, -0.1) is 0 Å². The maximum absolute atomic E-state index is 12.8. The van der Waals surface area contributed by atoms with E-state index in [-0.39, 0.29) is 29.1 Å². The Morgan fingerprint density at radius 2 is 1.86 bits per heavy atom. The zero-order valence-corrected chi connectivity index (χ0v) is 16.4. The number of aryl methyl sites for hydroxylation is 1. The second-order valence-electron chi connectivity index (χ2n) is 7.20. The van der Waals surface area contributed by atoms with Crippen molar-refractivity contribution in [3.8, 4) is 0 Å². The molecule has 3 rings (SSSR count). The molecule has 0 unspecified atom stereocenters. The van der Waals surface area contributed by atoms with Crippen LogP contribution in [0.5, 0.6) is 0 Å². The first kappa shape index (κ1) is 20.0. The van der Waals surface area contributed by atoms with E-state index in [4.69, 9.17) is 0 Å². The average molecular weight is 385 g/mol. The number of likely N-dealkylation sites (tertiary alicyclic amines) is 1. The predicted molar refractivity (Wildman–Crippen MR) is 107 cm³/mol. The minimum Gasteiger partial charge on any atom is -0.355 e. The summed E-state index contributed by atoms with van der Waals surface area (Å²) in [5, 5.41) is 11.1. The van der Waals surface area contributed by atoms with Crippen molar-refractivity contribution < 1.29 is 9.59 Å². The van der Waals surface area contributed by atoms with Crippen molar-refractivity contribution in [1.82, 2.24) is 25.3 Å². The van der Waals surface area contributed by atoms with Crippen molar-refractivity contribution in [2.45, 2.75) is 32.2 Å². The van der Waals surface area contributed by atoms with E-state index in [0.717, 1.165) is 32.4 Å². The van der Waals surface area contributed by atoms with Crippen LogP contribution in [0.2, 0.25) is 0 Å². The number of aromatic nitrogens is 2. The Kier molecular flexibility index (Phi) is 6.41. The largest absolute Gasteiger partial charge is 0.355 e. The fourth-order valence-corrected chi connectivity index (χ4v) is 3.48. The number of amides is 2. The van der Waals surface area contributed by atoms with Crippen LogP contribution < -0.4 is 16.2 Å². The minimum absolute atomic E-state index is 0.0280. The lowest BCUT2D eigenvalue weighted by Gasteiger charge is -2.31. The smallest absolute Gasteiger partial charge is 0.274 e. The third-order valence-corrected chi connectivity index (χ3v) is 5.03. The summed E-state index contributed by atoms with van der Waals surface area (Å²) < 4.78 is 1.20. The molecule has 2 N–H and O–H groups in total. The first-order valence-corrected chi connectivity index (χ1v) is 9.75. The van der Waals surface area contributed by atoms with Crippen molar-refractivity contribution in [2.24, 2.45) is 7.05 Å². The summed E-state index contributed by atoms with van der Waals surface area (Å²) in [5.41, 5.74) is 0.0425. The Bertz CT molecular complexity index is 916. The molecule has 0 aliphatic carbocycles. The van der Waals surface area contributed by atoms with E-state index < -0.39 is 0 Å². The van der Waals surface area contributed by atoms with Gasteiger partial charge >= 0.3 is 0 Å². The second-order valence-corrected chi connectivity index (χ2v) is 7.20. The summed E-state index contributed by atoms with van der Waals surface area (Å²) >= 11 is 0. The van der Waals surface area contributed by atoms with Gasteiger partial charge in [-0.25, -0.2) is 4.68 Å². The molecular weight excluding hydrogens is 358 g/mol. The highest BCUT2D eigenvalue weighted by atomic mass is 16.2. The molecule has 1 saturated heterocycles. The van der Waals surface area contributed by atoms with E-state index in [2.05, 4.69) is 20.6 Å². The summed E-state index contributed by atoms with van der Waals surface area (Å²) in [7, 11) is 1.55. The average Bonchev–Trinajstić information content (AvgIpc) is 2.70. The number of hydrogen-bond donors (Lipinski definition) is 2. The molecule has 1 aromatic carbocycles. The first-order chi connectivity index (χ1) is 13.5. The molecule has 2 amide bonds. The highest BCUT2D eigenvalue weighted by Crippen LogP contribution is 2.15. The number of hydrogen-bond acceptors (Lipinski definition) is 5. The second kappa shape index (κ2) is 8.97. The Labute approximate surface area is 163 Å². The van der Waals surface area contributed by atoms with Crippen molar-refractivity contribution in [3.05, 3.63) is 40.3 Å². The Morgan fingerprint density at radius 1 is 1.18 bits per heavy atom. The molecular formula is C20H27N5O3. The van der Waals surface area contributed by atoms with Crippen LogP contribution in [0.4, 0.5) is 0 Å². The Morgan fingerprint density at radius 3 is 2.54 bits per heavy atom. The topological polar surface area (TPSA) is 96.3 Å². The van der Waals surface area contributed by atoms with E-state index in [1.807, 2.05) is 6.92 Å². The van der Waals surface area contributed by atoms with Crippen molar-refractivity contribution in [2.75, 3.05) is 26.2 Å². The van der Waals surface area contributed by atoms with Gasteiger partial charge in [0.2, 0.25) is 5.91 Å². The molecule has 0 saturated carbocycles. The third-order valence-electron chi connectivity index (χ3n) is 5.03. The van der Waals surface area contributed by atoms with Gasteiger partial charge in [0, 0.05) is 38.1 Å². The molecule has 28 heavy (non-hydrogen) atoms. The SMILES string of the molecule is CCCNC(=O)CN1CCC(NC(=O)c2nn(C)c(=O)c3ccccc23)CC1. The van der Waals surface area contributed by atoms with Crippen molar-refractivity contribution in [3.63, 3.8) is 0 Å². The quantitative estimate of drug-likeness (QED) is 0.761. The van der Waals surface area contributed by atoms with E-state index in [9.17, 15) is 14.4 Å². The van der Waals surface area contributed by atoms with E-state index in [0.29, 0.717) is 23.9 Å². The van der Waals surface area contributed by atoms with Crippen LogP contribution in [0.15, 0.2) is 29.1 Å². The number of carbonyl (C=O) groups is 2. The molecule has 2 heterocycles. The summed E-state index contributed by atoms with van der Waals surface area (Å²) in [4.78, 5) is 39.0. The third kappa shape index (κ3) is 4.56. The number of carbonyl (C=O) groups excluding carboxylic acids is 2. The van der Waals surface area contributed by atoms with E-state index in [1.165, 1.54) is 4.68 Å². The molecule has 0 radical (unpaired) electrons. The van der Waals surface area contributed by atoms with Gasteiger partial charge in [-0.05, 0) is 25.3 Å². The van der Waals surface area contributed by atoms with Gasteiger partial charge in [0.05, 0.1) is 11.9 Å². The molecule has 2 aromatic rings. The van der Waals surface area contributed by atoms with Crippen LogP contribution in [0.3, 0.4) is 0 Å². The van der Waals surface area contributed by atoms with Gasteiger partial charge in [-0.2, -0.15) is 5.10 Å². The fraction of sp³-hybridized carbons (Fsp3) is 0.500. The van der Waals surface area contributed by atoms with Crippen LogP contribution in [0.25, 0.3) is 10.8 Å². The van der Waals surface area contributed by atoms with Gasteiger partial charge in [0.1, 0.15) is 0 Å². The van der Waals surface area contributed by atoms with Gasteiger partial charge in [0.15, 0.2) is 5.69 Å². The summed E-state index contributed by atoms with van der Waals surface area (Å²) in [6, 6.07) is 7.05. The van der Waals surface area contributed by atoms with E-state index in [1.54, 1.807) is 31.3 Å². The number of benzene rings is 1. The molecule has 0 bridgehead atoms. The maximum atomic E-state index is 12.8. The summed E-state index contributed by atoms with van der Waals surface area (Å²) in [6.45, 7) is 4.63. The monoisotopic (exact) mass is 385 g/mol. The molecule has 1 aliphatic heterocycles. The molecule has 1 aliphatic rings. The fourth-order valence-electron chi connectivity index (χ4n) is 3.48. The van der Waals surface area contributed by atoms with Crippen LogP contribution >= 0.6 is 0 Å². The standard InChI is InChI=1S/C20H27N5O3/c1-3-10-21-17(26)13-25-11-8-14(9-12-25)22-19(27)18-15-6-4-5-7-16(15)20(28)24(2)23-18/h4-7,14H,3,8-13H2,1-2H3,(H,21,26)(H,22,27). The zero-order valence-electron chi connectivity index (χ0n) is 16.4. The number of nitrogens with one attached hydrogen (secondary N) is 2. The Hall–Kier alpha value is -2.74. The lowest BCUT2D eigenvalue weighted by Crippen LogP contribution is -2.47. The number of rotatable bonds is 6. The molecule has 0 atom stereocenters.